The van der Waals surface area contributed by atoms with Gasteiger partial charge in [-0.25, -0.2) is 9.97 Å². The van der Waals surface area contributed by atoms with Gasteiger partial charge in [0, 0.05) is 36.6 Å². The highest BCUT2D eigenvalue weighted by Gasteiger charge is 2.26. The summed E-state index contributed by atoms with van der Waals surface area (Å²) >= 11 is 0. The lowest BCUT2D eigenvalue weighted by molar-refractivity contribution is -0.122. The molecular weight excluding hydrogens is 384 g/mol. The van der Waals surface area contributed by atoms with E-state index in [1.54, 1.807) is 0 Å². The number of benzene rings is 1. The van der Waals surface area contributed by atoms with Crippen molar-refractivity contribution in [1.29, 1.82) is 0 Å². The maximum Gasteiger partial charge on any atom is 0.227 e. The summed E-state index contributed by atoms with van der Waals surface area (Å²) in [7, 11) is 0. The van der Waals surface area contributed by atoms with Gasteiger partial charge in [-0.3, -0.25) is 9.78 Å². The first-order chi connectivity index (χ1) is 15.1. The van der Waals surface area contributed by atoms with Crippen LogP contribution in [0.3, 0.4) is 0 Å². The van der Waals surface area contributed by atoms with Crippen LogP contribution in [0.25, 0.3) is 11.1 Å². The maximum absolute atomic E-state index is 12.6. The van der Waals surface area contributed by atoms with E-state index in [1.807, 2.05) is 74.9 Å². The Balaban J connectivity index is 1.35. The summed E-state index contributed by atoms with van der Waals surface area (Å²) in [6.45, 7) is 4.68. The lowest BCUT2D eigenvalue weighted by atomic mass is 9.79. The zero-order chi connectivity index (χ0) is 21.6. The summed E-state index contributed by atoms with van der Waals surface area (Å²) in [4.78, 5) is 26.0. The van der Waals surface area contributed by atoms with Gasteiger partial charge in [-0.2, -0.15) is 0 Å². The molecule has 1 aliphatic rings. The van der Waals surface area contributed by atoms with Crippen LogP contribution in [0, 0.1) is 12.8 Å². The van der Waals surface area contributed by atoms with E-state index in [0.717, 1.165) is 60.4 Å². The number of rotatable bonds is 6. The summed E-state index contributed by atoms with van der Waals surface area (Å²) in [6.07, 6.45) is 9.95. The summed E-state index contributed by atoms with van der Waals surface area (Å²) in [6, 6.07) is 14.0. The SMILES string of the molecule is Cc1ncc(-c2ccncc2)c(C2CCC(CNC(=O)[C@H](C)c3ccccc3)CC2)n1. The molecule has 3 aromatic rings. The van der Waals surface area contributed by atoms with Crippen molar-refractivity contribution in [3.05, 3.63) is 78.1 Å². The molecule has 1 atom stereocenters. The van der Waals surface area contributed by atoms with E-state index in [-0.39, 0.29) is 11.8 Å². The molecule has 31 heavy (non-hydrogen) atoms. The fourth-order valence-electron chi connectivity index (χ4n) is 4.48. The average Bonchev–Trinajstić information content (AvgIpc) is 2.83. The van der Waals surface area contributed by atoms with Gasteiger partial charge in [0.25, 0.3) is 0 Å². The van der Waals surface area contributed by atoms with Crippen molar-refractivity contribution in [2.24, 2.45) is 5.92 Å². The Morgan fingerprint density at radius 2 is 1.77 bits per heavy atom. The van der Waals surface area contributed by atoms with Gasteiger partial charge in [-0.15, -0.1) is 0 Å². The fraction of sp³-hybridized carbons (Fsp3) is 0.385. The molecule has 1 fully saturated rings. The van der Waals surface area contributed by atoms with Crippen LogP contribution in [-0.2, 0) is 4.79 Å². The number of hydrogen-bond acceptors (Lipinski definition) is 4. The highest BCUT2D eigenvalue weighted by Crippen LogP contribution is 2.38. The Labute approximate surface area is 184 Å². The van der Waals surface area contributed by atoms with E-state index in [4.69, 9.17) is 4.98 Å². The first-order valence-corrected chi connectivity index (χ1v) is 11.2. The predicted octanol–water partition coefficient (Wildman–Crippen LogP) is 5.04. The van der Waals surface area contributed by atoms with Crippen molar-refractivity contribution >= 4 is 5.91 Å². The van der Waals surface area contributed by atoms with Gasteiger partial charge in [0.1, 0.15) is 5.82 Å². The number of carbonyl (C=O) groups excluding carboxylic acids is 1. The topological polar surface area (TPSA) is 67.8 Å². The molecule has 4 rings (SSSR count). The van der Waals surface area contributed by atoms with E-state index in [1.165, 1.54) is 0 Å². The van der Waals surface area contributed by atoms with Gasteiger partial charge in [0.05, 0.1) is 11.6 Å². The largest absolute Gasteiger partial charge is 0.355 e. The van der Waals surface area contributed by atoms with E-state index in [2.05, 4.69) is 15.3 Å². The predicted molar refractivity (Wildman–Crippen MR) is 123 cm³/mol. The second-order valence-corrected chi connectivity index (χ2v) is 8.55. The van der Waals surface area contributed by atoms with Crippen molar-refractivity contribution in [2.45, 2.75) is 51.4 Å². The molecule has 0 unspecified atom stereocenters. The Morgan fingerprint density at radius 1 is 1.06 bits per heavy atom. The number of nitrogens with one attached hydrogen (secondary N) is 1. The third-order valence-electron chi connectivity index (χ3n) is 6.42. The second kappa shape index (κ2) is 9.82. The molecule has 0 bridgehead atoms. The third-order valence-corrected chi connectivity index (χ3v) is 6.42. The molecule has 1 N–H and O–H groups in total. The standard InChI is InChI=1S/C26H30N4O/c1-18(21-6-4-3-5-7-21)26(31)29-16-20-8-10-23(11-9-20)25-24(17-28-19(2)30-25)22-12-14-27-15-13-22/h3-7,12-15,17-18,20,23H,8-11,16H2,1-2H3,(H,29,31)/t18-,20?,23?/m1/s1. The lowest BCUT2D eigenvalue weighted by Crippen LogP contribution is -2.33. The summed E-state index contributed by atoms with van der Waals surface area (Å²) in [5.74, 6) is 1.76. The first-order valence-electron chi connectivity index (χ1n) is 11.2. The van der Waals surface area contributed by atoms with Gasteiger partial charge in [0.2, 0.25) is 5.91 Å². The molecule has 5 heteroatoms. The molecular formula is C26H30N4O. The molecule has 0 aliphatic heterocycles. The minimum Gasteiger partial charge on any atom is -0.355 e. The zero-order valence-electron chi connectivity index (χ0n) is 18.3. The quantitative estimate of drug-likeness (QED) is 0.613. The highest BCUT2D eigenvalue weighted by molar-refractivity contribution is 5.83. The van der Waals surface area contributed by atoms with Crippen molar-refractivity contribution in [3.63, 3.8) is 0 Å². The molecule has 2 aromatic heterocycles. The summed E-state index contributed by atoms with van der Waals surface area (Å²) in [5.41, 5.74) is 4.45. The lowest BCUT2D eigenvalue weighted by Gasteiger charge is -2.29. The van der Waals surface area contributed by atoms with Crippen LogP contribution in [0.1, 0.15) is 61.5 Å². The summed E-state index contributed by atoms with van der Waals surface area (Å²) < 4.78 is 0. The van der Waals surface area contributed by atoms with Crippen LogP contribution in [0.4, 0.5) is 0 Å². The van der Waals surface area contributed by atoms with E-state index < -0.39 is 0 Å². The van der Waals surface area contributed by atoms with Gasteiger partial charge in [-0.1, -0.05) is 30.3 Å². The molecule has 1 aromatic carbocycles. The molecule has 1 saturated carbocycles. The Morgan fingerprint density at radius 3 is 2.48 bits per heavy atom. The highest BCUT2D eigenvalue weighted by atomic mass is 16.1. The molecule has 1 amide bonds. The number of pyridine rings is 1. The molecule has 1 aliphatic carbocycles. The molecule has 0 saturated heterocycles. The van der Waals surface area contributed by atoms with Gasteiger partial charge >= 0.3 is 0 Å². The van der Waals surface area contributed by atoms with Crippen LogP contribution in [0.15, 0.2) is 61.1 Å². The zero-order valence-corrected chi connectivity index (χ0v) is 18.3. The van der Waals surface area contributed by atoms with Crippen LogP contribution >= 0.6 is 0 Å². The fourth-order valence-corrected chi connectivity index (χ4v) is 4.48. The summed E-state index contributed by atoms with van der Waals surface area (Å²) in [5, 5.41) is 3.18. The van der Waals surface area contributed by atoms with Crippen molar-refractivity contribution in [2.75, 3.05) is 6.54 Å². The normalized spacial score (nSPS) is 19.5. The average molecular weight is 415 g/mol. The molecule has 5 nitrogen and oxygen atoms in total. The third kappa shape index (κ3) is 5.16. The Kier molecular flexibility index (Phi) is 6.70. The van der Waals surface area contributed by atoms with Gasteiger partial charge in [-0.05, 0) is 68.7 Å². The Bertz CT molecular complexity index is 998. The Hall–Kier alpha value is -3.08. The van der Waals surface area contributed by atoms with Crippen molar-refractivity contribution < 1.29 is 4.79 Å². The van der Waals surface area contributed by atoms with Gasteiger partial charge < -0.3 is 5.32 Å². The number of nitrogens with zero attached hydrogens (tertiary/aromatic N) is 3. The second-order valence-electron chi connectivity index (χ2n) is 8.55. The minimum absolute atomic E-state index is 0.111. The number of aryl methyl sites for hydroxylation is 1. The van der Waals surface area contributed by atoms with E-state index in [9.17, 15) is 4.79 Å². The maximum atomic E-state index is 12.6. The van der Waals surface area contributed by atoms with Crippen LogP contribution < -0.4 is 5.32 Å². The van der Waals surface area contributed by atoms with E-state index in [0.29, 0.717) is 11.8 Å². The molecule has 160 valence electrons. The molecule has 0 spiro atoms. The van der Waals surface area contributed by atoms with Crippen molar-refractivity contribution in [1.82, 2.24) is 20.3 Å². The van der Waals surface area contributed by atoms with Crippen molar-refractivity contribution in [3.8, 4) is 11.1 Å². The van der Waals surface area contributed by atoms with Crippen LogP contribution in [0.2, 0.25) is 0 Å². The number of aromatic nitrogens is 3. The number of amides is 1. The smallest absolute Gasteiger partial charge is 0.227 e. The monoisotopic (exact) mass is 414 g/mol. The van der Waals surface area contributed by atoms with E-state index >= 15 is 0 Å². The number of hydrogen-bond donors (Lipinski definition) is 1. The minimum atomic E-state index is -0.121. The van der Waals surface area contributed by atoms with Gasteiger partial charge in [0.15, 0.2) is 0 Å². The van der Waals surface area contributed by atoms with Crippen LogP contribution in [0.5, 0.6) is 0 Å². The first kappa shape index (κ1) is 21.2. The molecule has 0 radical (unpaired) electrons. The number of carbonyl (C=O) groups is 1. The van der Waals surface area contributed by atoms with Crippen LogP contribution in [-0.4, -0.2) is 27.4 Å². The molecule has 2 heterocycles.